The van der Waals surface area contributed by atoms with Gasteiger partial charge in [0.25, 0.3) is 0 Å². The summed E-state index contributed by atoms with van der Waals surface area (Å²) in [6, 6.07) is 0. The van der Waals surface area contributed by atoms with Crippen molar-refractivity contribution >= 4 is 0 Å². The van der Waals surface area contributed by atoms with Gasteiger partial charge in [-0.25, -0.2) is 0 Å². The van der Waals surface area contributed by atoms with Crippen LogP contribution in [0.15, 0.2) is 6.20 Å². The predicted octanol–water partition coefficient (Wildman–Crippen LogP) is 1.47. The smallest absolute Gasteiger partial charge is 0.229 e. The first-order chi connectivity index (χ1) is 5.75. The van der Waals surface area contributed by atoms with Crippen molar-refractivity contribution < 1.29 is 5.11 Å². The number of aromatic nitrogens is 2. The van der Waals surface area contributed by atoms with Gasteiger partial charge in [0, 0.05) is 13.5 Å². The van der Waals surface area contributed by atoms with Crippen LogP contribution >= 0.6 is 0 Å². The van der Waals surface area contributed by atoms with Crippen molar-refractivity contribution in [2.45, 2.75) is 25.7 Å². The lowest BCUT2D eigenvalue weighted by molar-refractivity contribution is 0.306. The van der Waals surface area contributed by atoms with Crippen LogP contribution in [0.1, 0.15) is 25.1 Å². The van der Waals surface area contributed by atoms with Crippen LogP contribution < -0.4 is 0 Å². The van der Waals surface area contributed by atoms with Crippen LogP contribution in [0.4, 0.5) is 0 Å². The highest BCUT2D eigenvalue weighted by atomic mass is 16.3. The van der Waals surface area contributed by atoms with Gasteiger partial charge in [-0.05, 0) is 5.92 Å². The van der Waals surface area contributed by atoms with Crippen molar-refractivity contribution in [3.05, 3.63) is 12.0 Å². The normalized spacial score (nSPS) is 17.8. The maximum atomic E-state index is 9.11. The number of imidazole rings is 1. The molecule has 0 spiro atoms. The first-order valence-electron chi connectivity index (χ1n) is 4.47. The molecule has 3 heteroatoms. The number of rotatable bonds is 2. The molecule has 12 heavy (non-hydrogen) atoms. The molecule has 1 aromatic heterocycles. The van der Waals surface area contributed by atoms with Crippen LogP contribution in [-0.2, 0) is 13.5 Å². The van der Waals surface area contributed by atoms with Crippen LogP contribution in [0.3, 0.4) is 0 Å². The summed E-state index contributed by atoms with van der Waals surface area (Å²) in [5, 5.41) is 9.11. The van der Waals surface area contributed by atoms with E-state index in [1.807, 2.05) is 11.6 Å². The summed E-state index contributed by atoms with van der Waals surface area (Å²) in [6.07, 6.45) is 6.70. The molecule has 1 aliphatic carbocycles. The average molecular weight is 166 g/mol. The second-order valence-corrected chi connectivity index (χ2v) is 3.63. The van der Waals surface area contributed by atoms with Crippen LogP contribution in [0.5, 0.6) is 5.88 Å². The summed E-state index contributed by atoms with van der Waals surface area (Å²) < 4.78 is 1.91. The highest BCUT2D eigenvalue weighted by molar-refractivity contribution is 5.08. The minimum atomic E-state index is 0.145. The molecule has 1 aliphatic rings. The van der Waals surface area contributed by atoms with Crippen molar-refractivity contribution in [3.63, 3.8) is 0 Å². The molecule has 1 aromatic rings. The van der Waals surface area contributed by atoms with Gasteiger partial charge in [-0.3, -0.25) is 0 Å². The van der Waals surface area contributed by atoms with E-state index in [9.17, 15) is 0 Å². The summed E-state index contributed by atoms with van der Waals surface area (Å²) in [5.74, 6) is 1.97. The molecule has 3 nitrogen and oxygen atoms in total. The zero-order valence-corrected chi connectivity index (χ0v) is 7.32. The monoisotopic (exact) mass is 166 g/mol. The number of hydrogen-bond donors (Lipinski definition) is 1. The number of aryl methyl sites for hydroxylation is 1. The Hall–Kier alpha value is -0.990. The zero-order valence-electron chi connectivity index (χ0n) is 7.32. The number of aromatic hydroxyl groups is 1. The molecule has 66 valence electrons. The Morgan fingerprint density at radius 1 is 1.67 bits per heavy atom. The Morgan fingerprint density at radius 3 is 2.83 bits per heavy atom. The maximum absolute atomic E-state index is 9.11. The lowest BCUT2D eigenvalue weighted by Crippen LogP contribution is -2.15. The largest absolute Gasteiger partial charge is 0.492 e. The Kier molecular flexibility index (Phi) is 1.79. The summed E-state index contributed by atoms with van der Waals surface area (Å²) in [4.78, 5) is 4.05. The SMILES string of the molecule is Cn1cc(O)nc1CC1CCC1. The van der Waals surface area contributed by atoms with E-state index in [-0.39, 0.29) is 5.88 Å². The van der Waals surface area contributed by atoms with E-state index in [0.29, 0.717) is 0 Å². The van der Waals surface area contributed by atoms with Crippen molar-refractivity contribution in [2.75, 3.05) is 0 Å². The molecule has 1 fully saturated rings. The van der Waals surface area contributed by atoms with E-state index in [2.05, 4.69) is 4.98 Å². The Bertz CT molecular complexity index is 276. The first-order valence-corrected chi connectivity index (χ1v) is 4.47. The molecule has 1 saturated carbocycles. The minimum absolute atomic E-state index is 0.145. The lowest BCUT2D eigenvalue weighted by atomic mass is 9.83. The molecule has 0 aromatic carbocycles. The minimum Gasteiger partial charge on any atom is -0.492 e. The van der Waals surface area contributed by atoms with Gasteiger partial charge in [-0.15, -0.1) is 0 Å². The van der Waals surface area contributed by atoms with E-state index in [0.717, 1.165) is 18.2 Å². The summed E-state index contributed by atoms with van der Waals surface area (Å²) >= 11 is 0. The molecule has 2 rings (SSSR count). The second-order valence-electron chi connectivity index (χ2n) is 3.63. The fourth-order valence-electron chi connectivity index (χ4n) is 1.63. The van der Waals surface area contributed by atoms with Crippen molar-refractivity contribution in [1.29, 1.82) is 0 Å². The molecular weight excluding hydrogens is 152 g/mol. The number of hydrogen-bond acceptors (Lipinski definition) is 2. The lowest BCUT2D eigenvalue weighted by Gasteiger charge is -2.24. The summed E-state index contributed by atoms with van der Waals surface area (Å²) in [7, 11) is 1.93. The fourth-order valence-corrected chi connectivity index (χ4v) is 1.63. The van der Waals surface area contributed by atoms with E-state index in [4.69, 9.17) is 5.11 Å². The molecule has 1 heterocycles. The summed E-state index contributed by atoms with van der Waals surface area (Å²) in [5.41, 5.74) is 0. The quantitative estimate of drug-likeness (QED) is 0.722. The topological polar surface area (TPSA) is 38.0 Å². The highest BCUT2D eigenvalue weighted by Gasteiger charge is 2.19. The molecule has 0 saturated heterocycles. The number of nitrogens with zero attached hydrogens (tertiary/aromatic N) is 2. The summed E-state index contributed by atoms with van der Waals surface area (Å²) in [6.45, 7) is 0. The second kappa shape index (κ2) is 2.81. The van der Waals surface area contributed by atoms with Gasteiger partial charge >= 0.3 is 0 Å². The van der Waals surface area contributed by atoms with Gasteiger partial charge in [-0.2, -0.15) is 4.98 Å². The predicted molar refractivity (Wildman–Crippen MR) is 45.9 cm³/mol. The van der Waals surface area contributed by atoms with E-state index in [1.165, 1.54) is 19.3 Å². The Morgan fingerprint density at radius 2 is 2.42 bits per heavy atom. The van der Waals surface area contributed by atoms with E-state index < -0.39 is 0 Å². The average Bonchev–Trinajstić information content (AvgIpc) is 2.21. The standard InChI is InChI=1S/C9H14N2O/c1-11-6-9(12)10-8(11)5-7-3-2-4-7/h6-7,12H,2-5H2,1H3. The van der Waals surface area contributed by atoms with Crippen LogP contribution in [0.25, 0.3) is 0 Å². The van der Waals surface area contributed by atoms with Crippen molar-refractivity contribution in [2.24, 2.45) is 13.0 Å². The Labute approximate surface area is 72.0 Å². The first kappa shape index (κ1) is 7.65. The molecule has 1 N–H and O–H groups in total. The van der Waals surface area contributed by atoms with E-state index in [1.54, 1.807) is 6.20 Å². The highest BCUT2D eigenvalue weighted by Crippen LogP contribution is 2.29. The zero-order chi connectivity index (χ0) is 8.55. The van der Waals surface area contributed by atoms with Gasteiger partial charge in [-0.1, -0.05) is 19.3 Å². The molecule has 0 aliphatic heterocycles. The molecule has 0 bridgehead atoms. The Balaban J connectivity index is 2.05. The molecular formula is C9H14N2O. The third kappa shape index (κ3) is 1.31. The van der Waals surface area contributed by atoms with Gasteiger partial charge < -0.3 is 9.67 Å². The van der Waals surface area contributed by atoms with Gasteiger partial charge in [0.15, 0.2) is 0 Å². The molecule has 0 unspecified atom stereocenters. The van der Waals surface area contributed by atoms with Crippen LogP contribution in [0.2, 0.25) is 0 Å². The van der Waals surface area contributed by atoms with Gasteiger partial charge in [0.1, 0.15) is 5.82 Å². The van der Waals surface area contributed by atoms with Crippen molar-refractivity contribution in [3.8, 4) is 5.88 Å². The van der Waals surface area contributed by atoms with Crippen molar-refractivity contribution in [1.82, 2.24) is 9.55 Å². The fraction of sp³-hybridized carbons (Fsp3) is 0.667. The molecule has 0 amide bonds. The van der Waals surface area contributed by atoms with Gasteiger partial charge in [0.05, 0.1) is 6.20 Å². The third-order valence-electron chi connectivity index (χ3n) is 2.66. The van der Waals surface area contributed by atoms with E-state index >= 15 is 0 Å². The van der Waals surface area contributed by atoms with Crippen LogP contribution in [0, 0.1) is 5.92 Å². The van der Waals surface area contributed by atoms with Gasteiger partial charge in [0.2, 0.25) is 5.88 Å². The molecule has 0 radical (unpaired) electrons. The maximum Gasteiger partial charge on any atom is 0.229 e. The van der Waals surface area contributed by atoms with Crippen LogP contribution in [-0.4, -0.2) is 14.7 Å². The molecule has 0 atom stereocenters. The third-order valence-corrected chi connectivity index (χ3v) is 2.66.